The van der Waals surface area contributed by atoms with Crippen LogP contribution in [-0.4, -0.2) is 22.2 Å². The summed E-state index contributed by atoms with van der Waals surface area (Å²) in [6.07, 6.45) is 8.23. The summed E-state index contributed by atoms with van der Waals surface area (Å²) in [6, 6.07) is 0. The van der Waals surface area contributed by atoms with Crippen molar-refractivity contribution in [3.63, 3.8) is 0 Å². The van der Waals surface area contributed by atoms with Gasteiger partial charge in [0.2, 0.25) is 0 Å². The molecule has 0 bridgehead atoms. The van der Waals surface area contributed by atoms with E-state index in [1.54, 1.807) is 0 Å². The number of hydrogen-bond acceptors (Lipinski definition) is 2. The Kier molecular flexibility index (Phi) is 3.93. The molecule has 0 aromatic rings. The summed E-state index contributed by atoms with van der Waals surface area (Å²) in [5.41, 5.74) is -1.51. The Morgan fingerprint density at radius 1 is 0.833 bits per heavy atom. The third kappa shape index (κ3) is 2.13. The molecule has 2 aliphatic carbocycles. The summed E-state index contributed by atoms with van der Waals surface area (Å²) < 4.78 is 0. The van der Waals surface area contributed by atoms with Crippen LogP contribution in [-0.2, 0) is 9.59 Å². The Labute approximate surface area is 107 Å². The van der Waals surface area contributed by atoms with Crippen LogP contribution in [0.5, 0.6) is 0 Å². The lowest BCUT2D eigenvalue weighted by Gasteiger charge is -2.43. The zero-order valence-corrected chi connectivity index (χ0v) is 10.7. The molecule has 18 heavy (non-hydrogen) atoms. The normalized spacial score (nSPS) is 28.8. The maximum absolute atomic E-state index is 11.6. The van der Waals surface area contributed by atoms with E-state index >= 15 is 0 Å². The van der Waals surface area contributed by atoms with Crippen molar-refractivity contribution in [3.05, 3.63) is 0 Å². The lowest BCUT2D eigenvalue weighted by atomic mass is 9.59. The minimum Gasteiger partial charge on any atom is -0.480 e. The molecule has 1 atom stereocenters. The highest BCUT2D eigenvalue weighted by molar-refractivity contribution is 5.98. The summed E-state index contributed by atoms with van der Waals surface area (Å²) in [6.45, 7) is 0. The van der Waals surface area contributed by atoms with Crippen LogP contribution in [0.15, 0.2) is 0 Å². The second-order valence-corrected chi connectivity index (χ2v) is 5.83. The van der Waals surface area contributed by atoms with E-state index < -0.39 is 17.4 Å². The predicted molar refractivity (Wildman–Crippen MR) is 66.2 cm³/mol. The fourth-order valence-corrected chi connectivity index (χ4v) is 4.00. The highest BCUT2D eigenvalue weighted by Crippen LogP contribution is 2.49. The van der Waals surface area contributed by atoms with E-state index in [0.717, 1.165) is 44.9 Å². The zero-order chi connectivity index (χ0) is 13.2. The zero-order valence-electron chi connectivity index (χ0n) is 10.7. The summed E-state index contributed by atoms with van der Waals surface area (Å²) in [5.74, 6) is -2.11. The number of carboxylic acids is 2. The molecule has 2 rings (SSSR count). The smallest absolute Gasteiger partial charge is 0.321 e. The minimum absolute atomic E-state index is 0.165. The summed E-state index contributed by atoms with van der Waals surface area (Å²) in [5, 5.41) is 19.0. The van der Waals surface area contributed by atoms with E-state index in [-0.39, 0.29) is 5.92 Å². The van der Waals surface area contributed by atoms with Crippen molar-refractivity contribution in [3.8, 4) is 0 Å². The number of carboxylic acid groups (broad SMARTS) is 2. The molecule has 2 fully saturated rings. The van der Waals surface area contributed by atoms with Gasteiger partial charge in [-0.25, -0.2) is 0 Å². The Hall–Kier alpha value is -1.06. The van der Waals surface area contributed by atoms with Crippen LogP contribution in [0.1, 0.15) is 57.8 Å². The molecule has 102 valence electrons. The Morgan fingerprint density at radius 2 is 1.39 bits per heavy atom. The molecule has 0 aromatic heterocycles. The van der Waals surface area contributed by atoms with Crippen molar-refractivity contribution in [1.29, 1.82) is 0 Å². The van der Waals surface area contributed by atoms with Gasteiger partial charge in [-0.1, -0.05) is 44.9 Å². The molecule has 0 aromatic carbocycles. The molecule has 2 saturated carbocycles. The van der Waals surface area contributed by atoms with Gasteiger partial charge >= 0.3 is 11.9 Å². The first-order valence-electron chi connectivity index (χ1n) is 7.06. The predicted octanol–water partition coefficient (Wildman–Crippen LogP) is 2.91. The van der Waals surface area contributed by atoms with Gasteiger partial charge in [0, 0.05) is 0 Å². The third-order valence-electron chi connectivity index (χ3n) is 4.95. The fourth-order valence-electron chi connectivity index (χ4n) is 4.00. The molecule has 4 heteroatoms. The molecular weight excluding hydrogens is 232 g/mol. The molecule has 2 N–H and O–H groups in total. The van der Waals surface area contributed by atoms with Gasteiger partial charge < -0.3 is 10.2 Å². The van der Waals surface area contributed by atoms with Crippen molar-refractivity contribution in [2.75, 3.05) is 0 Å². The van der Waals surface area contributed by atoms with Crippen LogP contribution in [0.4, 0.5) is 0 Å². The van der Waals surface area contributed by atoms with E-state index in [1.165, 1.54) is 6.42 Å². The molecule has 0 radical (unpaired) electrons. The molecule has 0 heterocycles. The fraction of sp³-hybridized carbons (Fsp3) is 0.857. The van der Waals surface area contributed by atoms with Gasteiger partial charge in [0.1, 0.15) is 0 Å². The van der Waals surface area contributed by atoms with E-state index in [2.05, 4.69) is 0 Å². The molecule has 0 spiro atoms. The van der Waals surface area contributed by atoms with E-state index in [9.17, 15) is 19.8 Å². The van der Waals surface area contributed by atoms with E-state index in [4.69, 9.17) is 0 Å². The Balaban J connectivity index is 2.27. The second-order valence-electron chi connectivity index (χ2n) is 5.83. The molecule has 2 aliphatic rings. The van der Waals surface area contributed by atoms with Gasteiger partial charge in [-0.3, -0.25) is 9.59 Å². The highest BCUT2D eigenvalue weighted by atomic mass is 16.4. The van der Waals surface area contributed by atoms with E-state index in [1.807, 2.05) is 0 Å². The van der Waals surface area contributed by atoms with Gasteiger partial charge in [0.15, 0.2) is 5.41 Å². The number of rotatable bonds is 3. The standard InChI is InChI=1S/C14H22O4/c15-12(16)14(13(17)18)9-5-4-8-11(14)10-6-2-1-3-7-10/h10-11H,1-9H2,(H,15,16)(H,17,18). The highest BCUT2D eigenvalue weighted by Gasteiger charge is 2.55. The van der Waals surface area contributed by atoms with Crippen molar-refractivity contribution in [1.82, 2.24) is 0 Å². The van der Waals surface area contributed by atoms with Crippen molar-refractivity contribution in [2.24, 2.45) is 17.3 Å². The maximum Gasteiger partial charge on any atom is 0.321 e. The molecule has 0 aliphatic heterocycles. The molecule has 1 unspecified atom stereocenters. The van der Waals surface area contributed by atoms with Crippen molar-refractivity contribution in [2.45, 2.75) is 57.8 Å². The average Bonchev–Trinajstić information content (AvgIpc) is 2.39. The van der Waals surface area contributed by atoms with Crippen LogP contribution in [0.2, 0.25) is 0 Å². The second kappa shape index (κ2) is 5.29. The number of carbonyl (C=O) groups is 2. The van der Waals surface area contributed by atoms with Gasteiger partial charge in [-0.05, 0) is 24.7 Å². The molecule has 0 amide bonds. The van der Waals surface area contributed by atoms with Crippen LogP contribution < -0.4 is 0 Å². The van der Waals surface area contributed by atoms with Crippen LogP contribution in [0, 0.1) is 17.3 Å². The van der Waals surface area contributed by atoms with E-state index in [0.29, 0.717) is 12.3 Å². The van der Waals surface area contributed by atoms with Gasteiger partial charge in [0.05, 0.1) is 0 Å². The van der Waals surface area contributed by atoms with Gasteiger partial charge in [-0.15, -0.1) is 0 Å². The topological polar surface area (TPSA) is 74.6 Å². The number of aliphatic carboxylic acids is 2. The Morgan fingerprint density at radius 3 is 1.94 bits per heavy atom. The molecule has 0 saturated heterocycles. The van der Waals surface area contributed by atoms with Crippen LogP contribution in [0.3, 0.4) is 0 Å². The lowest BCUT2D eigenvalue weighted by molar-refractivity contribution is -0.175. The van der Waals surface area contributed by atoms with Crippen molar-refractivity contribution >= 4 is 11.9 Å². The quantitative estimate of drug-likeness (QED) is 0.759. The van der Waals surface area contributed by atoms with Crippen LogP contribution >= 0.6 is 0 Å². The SMILES string of the molecule is O=C(O)C1(C(=O)O)CCCCC1C1CCCCC1. The lowest BCUT2D eigenvalue weighted by Crippen LogP contribution is -2.50. The average molecular weight is 254 g/mol. The summed E-state index contributed by atoms with van der Waals surface area (Å²) >= 11 is 0. The Bertz CT molecular complexity index is 317. The summed E-state index contributed by atoms with van der Waals surface area (Å²) in [7, 11) is 0. The van der Waals surface area contributed by atoms with Crippen LogP contribution in [0.25, 0.3) is 0 Å². The first-order valence-corrected chi connectivity index (χ1v) is 7.06. The first kappa shape index (κ1) is 13.4. The molecular formula is C14H22O4. The number of hydrogen-bond donors (Lipinski definition) is 2. The first-order chi connectivity index (χ1) is 8.59. The minimum atomic E-state index is -1.51. The van der Waals surface area contributed by atoms with Crippen molar-refractivity contribution < 1.29 is 19.8 Å². The monoisotopic (exact) mass is 254 g/mol. The molecule has 4 nitrogen and oxygen atoms in total. The summed E-state index contributed by atoms with van der Waals surface area (Å²) in [4.78, 5) is 23.2. The third-order valence-corrected chi connectivity index (χ3v) is 4.95. The maximum atomic E-state index is 11.6. The van der Waals surface area contributed by atoms with Gasteiger partial charge in [0.25, 0.3) is 0 Å². The van der Waals surface area contributed by atoms with Gasteiger partial charge in [-0.2, -0.15) is 0 Å². The largest absolute Gasteiger partial charge is 0.480 e.